The number of aromatic nitrogens is 1. The highest BCUT2D eigenvalue weighted by Crippen LogP contribution is 2.12. The monoisotopic (exact) mass is 191 g/mol. The minimum Gasteiger partial charge on any atom is -0.300 e. The lowest BCUT2D eigenvalue weighted by Gasteiger charge is -2.09. The number of aryl methyl sites for hydroxylation is 1. The lowest BCUT2D eigenvalue weighted by Crippen LogP contribution is -2.10. The van der Waals surface area contributed by atoms with E-state index < -0.39 is 0 Å². The minimum atomic E-state index is 0.206. The first-order chi connectivity index (χ1) is 6.74. The van der Waals surface area contributed by atoms with Crippen LogP contribution in [0.25, 0.3) is 0 Å². The molecule has 0 radical (unpaired) electrons. The molecule has 0 saturated heterocycles. The molecule has 0 aliphatic rings. The van der Waals surface area contributed by atoms with Gasteiger partial charge in [-0.1, -0.05) is 13.0 Å². The molecule has 0 aliphatic heterocycles. The molecule has 0 amide bonds. The van der Waals surface area contributed by atoms with Crippen LogP contribution < -0.4 is 0 Å². The van der Waals surface area contributed by atoms with Gasteiger partial charge >= 0.3 is 0 Å². The van der Waals surface area contributed by atoms with Crippen molar-refractivity contribution in [2.45, 2.75) is 33.1 Å². The Morgan fingerprint density at radius 2 is 2.29 bits per heavy atom. The van der Waals surface area contributed by atoms with Gasteiger partial charge in [0.15, 0.2) is 0 Å². The maximum absolute atomic E-state index is 11.2. The van der Waals surface area contributed by atoms with Crippen LogP contribution in [0.5, 0.6) is 0 Å². The van der Waals surface area contributed by atoms with E-state index in [4.69, 9.17) is 0 Å². The third-order valence-electron chi connectivity index (χ3n) is 2.54. The van der Waals surface area contributed by atoms with Gasteiger partial charge in [0, 0.05) is 17.8 Å². The van der Waals surface area contributed by atoms with Crippen molar-refractivity contribution in [2.75, 3.05) is 0 Å². The van der Waals surface area contributed by atoms with Gasteiger partial charge in [0.05, 0.1) is 0 Å². The quantitative estimate of drug-likeness (QED) is 0.716. The summed E-state index contributed by atoms with van der Waals surface area (Å²) in [4.78, 5) is 15.4. The molecule has 0 fully saturated rings. The minimum absolute atomic E-state index is 0.206. The van der Waals surface area contributed by atoms with E-state index in [9.17, 15) is 4.79 Å². The van der Waals surface area contributed by atoms with E-state index >= 15 is 0 Å². The van der Waals surface area contributed by atoms with E-state index in [0.717, 1.165) is 25.0 Å². The Kier molecular flexibility index (Phi) is 4.30. The van der Waals surface area contributed by atoms with E-state index in [2.05, 4.69) is 11.9 Å². The van der Waals surface area contributed by atoms with E-state index in [1.807, 2.05) is 18.2 Å². The number of Topliss-reactive ketones (excluding diaryl/α,β-unsaturated/α-hetero) is 1. The zero-order valence-corrected chi connectivity index (χ0v) is 8.86. The van der Waals surface area contributed by atoms with Gasteiger partial charge in [0.1, 0.15) is 5.78 Å². The van der Waals surface area contributed by atoms with Crippen molar-refractivity contribution in [1.29, 1.82) is 0 Å². The molecule has 1 aromatic heterocycles. The number of nitrogens with zero attached hydrogens (tertiary/aromatic N) is 1. The summed E-state index contributed by atoms with van der Waals surface area (Å²) in [6.45, 7) is 3.73. The molecule has 0 aliphatic carbocycles. The molecule has 1 unspecified atom stereocenters. The van der Waals surface area contributed by atoms with Crippen molar-refractivity contribution in [3.05, 3.63) is 30.1 Å². The summed E-state index contributed by atoms with van der Waals surface area (Å²) in [6.07, 6.45) is 4.55. The number of ketones is 1. The number of carbonyl (C=O) groups is 1. The molecule has 0 spiro atoms. The van der Waals surface area contributed by atoms with Gasteiger partial charge in [-0.25, -0.2) is 0 Å². The van der Waals surface area contributed by atoms with Crippen molar-refractivity contribution >= 4 is 5.78 Å². The second kappa shape index (κ2) is 5.53. The molecule has 14 heavy (non-hydrogen) atoms. The van der Waals surface area contributed by atoms with Crippen molar-refractivity contribution < 1.29 is 4.79 Å². The molecule has 0 aromatic carbocycles. The maximum atomic E-state index is 11.2. The van der Waals surface area contributed by atoms with Crippen molar-refractivity contribution in [2.24, 2.45) is 5.92 Å². The lowest BCUT2D eigenvalue weighted by atomic mass is 9.95. The van der Waals surface area contributed by atoms with Crippen LogP contribution in [0.2, 0.25) is 0 Å². The molecule has 1 heterocycles. The van der Waals surface area contributed by atoms with E-state index in [0.29, 0.717) is 5.78 Å². The van der Waals surface area contributed by atoms with Crippen LogP contribution in [-0.2, 0) is 11.2 Å². The topological polar surface area (TPSA) is 30.0 Å². The van der Waals surface area contributed by atoms with Crippen LogP contribution in [-0.4, -0.2) is 10.8 Å². The molecular formula is C12H17NO. The summed E-state index contributed by atoms with van der Waals surface area (Å²) in [5.74, 6) is 0.500. The van der Waals surface area contributed by atoms with Gasteiger partial charge < -0.3 is 0 Å². The van der Waals surface area contributed by atoms with Crippen LogP contribution in [0, 0.1) is 5.92 Å². The van der Waals surface area contributed by atoms with Crippen LogP contribution in [0.1, 0.15) is 32.4 Å². The summed E-state index contributed by atoms with van der Waals surface area (Å²) in [7, 11) is 0. The molecule has 0 N–H and O–H groups in total. The average molecular weight is 191 g/mol. The summed E-state index contributed by atoms with van der Waals surface area (Å²) < 4.78 is 0. The van der Waals surface area contributed by atoms with Crippen molar-refractivity contribution in [3.63, 3.8) is 0 Å². The van der Waals surface area contributed by atoms with E-state index in [-0.39, 0.29) is 5.92 Å². The number of hydrogen-bond acceptors (Lipinski definition) is 2. The molecule has 76 valence electrons. The van der Waals surface area contributed by atoms with Crippen molar-refractivity contribution in [3.8, 4) is 0 Å². The molecule has 0 saturated carbocycles. The zero-order chi connectivity index (χ0) is 10.4. The number of hydrogen-bond donors (Lipinski definition) is 0. The molecular weight excluding hydrogens is 174 g/mol. The molecule has 2 nitrogen and oxygen atoms in total. The van der Waals surface area contributed by atoms with E-state index in [1.54, 1.807) is 13.1 Å². The molecule has 1 aromatic rings. The zero-order valence-electron chi connectivity index (χ0n) is 8.86. The van der Waals surface area contributed by atoms with Crippen LogP contribution in [0.4, 0.5) is 0 Å². The fraction of sp³-hybridized carbons (Fsp3) is 0.500. The third kappa shape index (κ3) is 3.29. The normalized spacial score (nSPS) is 12.4. The smallest absolute Gasteiger partial charge is 0.132 e. The summed E-state index contributed by atoms with van der Waals surface area (Å²) in [5, 5.41) is 0. The Bertz CT molecular complexity index is 282. The number of rotatable bonds is 5. The largest absolute Gasteiger partial charge is 0.300 e. The van der Waals surface area contributed by atoms with E-state index in [1.165, 1.54) is 0 Å². The van der Waals surface area contributed by atoms with Crippen LogP contribution in [0.15, 0.2) is 24.4 Å². The second-order valence-corrected chi connectivity index (χ2v) is 3.58. The third-order valence-corrected chi connectivity index (χ3v) is 2.54. The first-order valence-electron chi connectivity index (χ1n) is 5.14. The Labute approximate surface area is 85.4 Å². The standard InChI is InChI=1S/C12H17NO/c1-3-11(10(2)14)7-8-12-6-4-5-9-13-12/h4-6,9,11H,3,7-8H2,1-2H3. The molecule has 1 rings (SSSR count). The summed E-state index contributed by atoms with van der Waals surface area (Å²) in [5.41, 5.74) is 1.08. The highest BCUT2D eigenvalue weighted by atomic mass is 16.1. The maximum Gasteiger partial charge on any atom is 0.132 e. The highest BCUT2D eigenvalue weighted by molar-refractivity contribution is 5.78. The Hall–Kier alpha value is -1.18. The van der Waals surface area contributed by atoms with Gasteiger partial charge in [-0.05, 0) is 38.3 Å². The Morgan fingerprint density at radius 3 is 2.79 bits per heavy atom. The Morgan fingerprint density at radius 1 is 1.50 bits per heavy atom. The predicted molar refractivity (Wildman–Crippen MR) is 57.0 cm³/mol. The number of pyridine rings is 1. The molecule has 2 heteroatoms. The fourth-order valence-electron chi connectivity index (χ4n) is 1.56. The van der Waals surface area contributed by atoms with Gasteiger partial charge in [0.25, 0.3) is 0 Å². The first kappa shape index (κ1) is 10.9. The molecule has 1 atom stereocenters. The average Bonchev–Trinajstić information content (AvgIpc) is 2.20. The second-order valence-electron chi connectivity index (χ2n) is 3.58. The summed E-state index contributed by atoms with van der Waals surface area (Å²) >= 11 is 0. The van der Waals surface area contributed by atoms with Crippen molar-refractivity contribution in [1.82, 2.24) is 4.98 Å². The summed E-state index contributed by atoms with van der Waals surface area (Å²) in [6, 6.07) is 5.90. The SMILES string of the molecule is CCC(CCc1ccccn1)C(C)=O. The highest BCUT2D eigenvalue weighted by Gasteiger charge is 2.11. The van der Waals surface area contributed by atoms with Gasteiger partial charge in [-0.15, -0.1) is 0 Å². The molecule has 0 bridgehead atoms. The van der Waals surface area contributed by atoms with Crippen LogP contribution in [0.3, 0.4) is 0 Å². The number of carbonyl (C=O) groups excluding carboxylic acids is 1. The van der Waals surface area contributed by atoms with Gasteiger partial charge in [-0.3, -0.25) is 9.78 Å². The van der Waals surface area contributed by atoms with Gasteiger partial charge in [-0.2, -0.15) is 0 Å². The van der Waals surface area contributed by atoms with Gasteiger partial charge in [0.2, 0.25) is 0 Å². The fourth-order valence-corrected chi connectivity index (χ4v) is 1.56. The first-order valence-corrected chi connectivity index (χ1v) is 5.14. The van der Waals surface area contributed by atoms with Crippen LogP contribution >= 0.6 is 0 Å². The predicted octanol–water partition coefficient (Wildman–Crippen LogP) is 2.63. The lowest BCUT2D eigenvalue weighted by molar-refractivity contribution is -0.121. The Balaban J connectivity index is 2.44.